The number of aldehydes is 1. The zero-order valence-corrected chi connectivity index (χ0v) is 83.5. The normalized spacial score (nSPS) is 11.6. The summed E-state index contributed by atoms with van der Waals surface area (Å²) in [4.78, 5) is 73.9. The van der Waals surface area contributed by atoms with E-state index in [1.54, 1.807) is 72.8 Å². The maximum atomic E-state index is 12.6. The molecule has 5 unspecified atom stereocenters. The van der Waals surface area contributed by atoms with E-state index in [9.17, 15) is 33.9 Å². The highest BCUT2D eigenvalue weighted by Crippen LogP contribution is 2.34. The van der Waals surface area contributed by atoms with Crippen LogP contribution in [-0.2, 0) is 17.8 Å². The molecule has 2 aromatic heterocycles. The highest BCUT2D eigenvalue weighted by atomic mass is 79.9. The summed E-state index contributed by atoms with van der Waals surface area (Å²) in [6.07, 6.45) is 4.90. The van der Waals surface area contributed by atoms with E-state index >= 15 is 0 Å². The number of pyridine rings is 2. The first-order valence-electron chi connectivity index (χ1n) is 44.6. The Hall–Kier alpha value is -12.2. The number of halogens is 3. The number of aliphatic hydroxyl groups excluding tert-OH is 1. The van der Waals surface area contributed by atoms with Crippen molar-refractivity contribution in [1.29, 1.82) is 0 Å². The van der Waals surface area contributed by atoms with Crippen LogP contribution in [-0.4, -0.2) is 56.5 Å². The maximum absolute atomic E-state index is 12.6. The number of methoxy groups -OCH3 is 1. The van der Waals surface area contributed by atoms with Crippen molar-refractivity contribution in [3.05, 3.63) is 427 Å². The summed E-state index contributed by atoms with van der Waals surface area (Å²) >= 11 is 10.1. The number of carbonyl (C=O) groups excluding carboxylic acids is 3. The number of aliphatic hydroxyl groups is 1. The molecule has 0 radical (unpaired) electrons. The maximum Gasteiger partial charge on any atom is 0.337 e. The van der Waals surface area contributed by atoms with Crippen molar-refractivity contribution in [2.45, 2.75) is 173 Å². The van der Waals surface area contributed by atoms with E-state index in [4.69, 9.17) is 39.6 Å². The summed E-state index contributed by atoms with van der Waals surface area (Å²) in [6.45, 7) is 29.6. The molecule has 5 atom stereocenters. The molecule has 702 valence electrons. The van der Waals surface area contributed by atoms with Crippen LogP contribution in [0, 0.1) is 57.3 Å². The lowest BCUT2D eigenvalue weighted by molar-refractivity contribution is 0.0599. The summed E-state index contributed by atoms with van der Waals surface area (Å²) in [5, 5.41) is 30.2. The molecule has 0 saturated heterocycles. The molecular weight excluding hydrogens is 1860 g/mol. The molecule has 18 nitrogen and oxygen atoms in total. The zero-order chi connectivity index (χ0) is 97.3. The van der Waals surface area contributed by atoms with Gasteiger partial charge in [-0.3, -0.25) is 19.2 Å². The molecule has 8 N–H and O–H groups in total. The SMILES string of the molecule is CC(C)CC(O)c1ccc(Br)cc1.CC(C)CC(Oc1ccccc1)c1ccc(Br)cc1.CC(C)CC(Oc1ccccc1)c1ccc(C(=O)O)cc1.COC(=O)c1ccc(C(CC(C)C)Oc2ccccc2)cc1.Cc1cc(C)c(CN)c(=O)[nH]1.Cc1cc(C)c(CNC(=O)c2ccc(C(CC(C)C)Oc3ccccc3)cc2)c(=O)[nH]1.O=Cc1ccc(Br)cc1.Oc1ccccc1. The Morgan fingerprint density at radius 1 is 0.391 bits per heavy atom. The Balaban J connectivity index is 0.000000242. The fourth-order valence-corrected chi connectivity index (χ4v) is 14.2. The molecule has 0 spiro atoms. The molecule has 0 aliphatic rings. The highest BCUT2D eigenvalue weighted by Gasteiger charge is 2.22. The topological polar surface area (TPSA) is 279 Å². The number of aromatic carboxylic acids is 1. The van der Waals surface area contributed by atoms with Crippen LogP contribution in [0.1, 0.15) is 235 Å². The van der Waals surface area contributed by atoms with Gasteiger partial charge >= 0.3 is 11.9 Å². The van der Waals surface area contributed by atoms with E-state index in [0.717, 1.165) is 120 Å². The Morgan fingerprint density at radius 3 is 0.955 bits per heavy atom. The molecule has 0 bridgehead atoms. The van der Waals surface area contributed by atoms with Gasteiger partial charge in [-0.2, -0.15) is 0 Å². The average molecular weight is 1990 g/mol. The third-order valence-corrected chi connectivity index (χ3v) is 21.8. The number of aromatic amines is 2. The van der Waals surface area contributed by atoms with Crippen LogP contribution in [0.2, 0.25) is 0 Å². The standard InChI is InChI=1S/C26H30N2O3.C19H22O3.C18H20O3.C17H19BrO.C11H15BrO.C8H12N2O.C7H5BrO.C6H6O/c1-17(2)14-24(31-22-8-6-5-7-9-22)20-10-12-21(13-11-20)25(29)27-16-23-18(3)15-19(4)28-26(23)30;1-14(2)13-18(22-17-7-5-4-6-8-17)15-9-11-16(12-10-15)19(20)21-3;1-13(2)12-17(21-16-6-4-3-5-7-16)14-8-10-15(11-9-14)18(19)20;1-13(2)12-17(14-8-10-15(18)11-9-14)19-16-6-4-3-5-7-16;1-8(2)7-11(13)9-3-5-10(12)6-4-9;1-5-3-6(2)10-8(11)7(5)4-9;8-7-3-1-6(5-9)2-4-7;7-6-4-2-1-3-5-6/h5-13,15,17,24H,14,16H2,1-4H3,(H,27,29)(H,28,30);4-12,14,18H,13H2,1-3H3;3-11,13,17H,12H2,1-2H3,(H,19,20);3-11,13,17H,12H2,1-2H3;3-6,8,11,13H,7H2,1-2H3;3H,4,9H2,1-2H3,(H,10,11);1-5H;1-5,7H. The number of H-pyrrole nitrogens is 2. The van der Waals surface area contributed by atoms with Crippen LogP contribution in [0.3, 0.4) is 0 Å². The Labute approximate surface area is 810 Å². The number of para-hydroxylation sites is 5. The van der Waals surface area contributed by atoms with Crippen molar-refractivity contribution in [3.8, 4) is 28.7 Å². The number of aryl methyl sites for hydroxylation is 4. The Kier molecular flexibility index (Phi) is 48.8. The molecule has 13 aromatic rings. The predicted octanol–water partition coefficient (Wildman–Crippen LogP) is 27.5. The molecule has 133 heavy (non-hydrogen) atoms. The Bertz CT molecular complexity index is 5640. The van der Waals surface area contributed by atoms with E-state index in [2.05, 4.69) is 157 Å². The van der Waals surface area contributed by atoms with Crippen LogP contribution in [0.25, 0.3) is 0 Å². The number of ether oxygens (including phenoxy) is 5. The van der Waals surface area contributed by atoms with Crippen molar-refractivity contribution in [2.24, 2.45) is 35.3 Å². The van der Waals surface area contributed by atoms with Gasteiger partial charge in [-0.1, -0.05) is 281 Å². The first kappa shape index (κ1) is 110. The molecule has 11 aromatic carbocycles. The molecule has 2 heterocycles. The average Bonchev–Trinajstić information content (AvgIpc) is 0.915. The van der Waals surface area contributed by atoms with E-state index < -0.39 is 5.97 Å². The lowest BCUT2D eigenvalue weighted by Gasteiger charge is -2.21. The van der Waals surface area contributed by atoms with Gasteiger partial charge in [-0.25, -0.2) is 9.59 Å². The van der Waals surface area contributed by atoms with Gasteiger partial charge in [0.15, 0.2) is 0 Å². The second-order valence-corrected chi connectivity index (χ2v) is 36.6. The monoisotopic (exact) mass is 1990 g/mol. The summed E-state index contributed by atoms with van der Waals surface area (Å²) in [5.41, 5.74) is 17.3. The fraction of sp³-hybridized carbons (Fsp3) is 0.286. The fourth-order valence-electron chi connectivity index (χ4n) is 13.4. The molecular formula is C112H129Br3N4O14. The van der Waals surface area contributed by atoms with Gasteiger partial charge in [0.2, 0.25) is 0 Å². The number of hydrogen-bond donors (Lipinski definition) is 7. The molecule has 0 fully saturated rings. The van der Waals surface area contributed by atoms with E-state index in [1.807, 2.05) is 240 Å². The lowest BCUT2D eigenvalue weighted by Crippen LogP contribution is -2.28. The number of phenolic OH excluding ortho intramolecular Hbond substituents is 1. The number of phenols is 1. The number of nitrogens with one attached hydrogen (secondary N) is 3. The summed E-state index contributed by atoms with van der Waals surface area (Å²) < 4.78 is 32.4. The Morgan fingerprint density at radius 2 is 0.677 bits per heavy atom. The number of esters is 1. The van der Waals surface area contributed by atoms with Crippen LogP contribution in [0.15, 0.2) is 332 Å². The largest absolute Gasteiger partial charge is 0.508 e. The van der Waals surface area contributed by atoms with Crippen molar-refractivity contribution in [3.63, 3.8) is 0 Å². The van der Waals surface area contributed by atoms with Gasteiger partial charge in [0.1, 0.15) is 59.4 Å². The van der Waals surface area contributed by atoms with Crippen molar-refractivity contribution in [1.82, 2.24) is 15.3 Å². The smallest absolute Gasteiger partial charge is 0.337 e. The third-order valence-electron chi connectivity index (χ3n) is 20.2. The minimum Gasteiger partial charge on any atom is -0.508 e. The van der Waals surface area contributed by atoms with Crippen LogP contribution in [0.4, 0.5) is 0 Å². The molecule has 13 rings (SSSR count). The zero-order valence-electron chi connectivity index (χ0n) is 78.8. The van der Waals surface area contributed by atoms with E-state index in [0.29, 0.717) is 75.3 Å². The van der Waals surface area contributed by atoms with Gasteiger partial charge in [0, 0.05) is 60.1 Å². The summed E-state index contributed by atoms with van der Waals surface area (Å²) in [6, 6.07) is 97.0. The number of carbonyl (C=O) groups is 4. The van der Waals surface area contributed by atoms with Gasteiger partial charge in [-0.15, -0.1) is 0 Å². The first-order chi connectivity index (χ1) is 63.6. The number of carboxylic acid groups (broad SMARTS) is 1. The molecule has 1 amide bonds. The van der Waals surface area contributed by atoms with E-state index in [1.165, 1.54) is 12.7 Å². The predicted molar refractivity (Wildman–Crippen MR) is 547 cm³/mol. The van der Waals surface area contributed by atoms with Crippen molar-refractivity contribution >= 4 is 71.9 Å². The number of aromatic hydroxyl groups is 1. The first-order valence-corrected chi connectivity index (χ1v) is 47.0. The van der Waals surface area contributed by atoms with Crippen LogP contribution >= 0.6 is 47.8 Å². The van der Waals surface area contributed by atoms with Gasteiger partial charge in [0.25, 0.3) is 17.0 Å². The molecule has 0 saturated carbocycles. The molecule has 21 heteroatoms. The lowest BCUT2D eigenvalue weighted by atomic mass is 9.98. The van der Waals surface area contributed by atoms with Crippen molar-refractivity contribution in [2.75, 3.05) is 7.11 Å². The number of aromatic nitrogens is 2. The quantitative estimate of drug-likeness (QED) is 0.0163. The minimum absolute atomic E-state index is 0.0332. The van der Waals surface area contributed by atoms with Gasteiger partial charge in [0.05, 0.1) is 24.3 Å². The minimum atomic E-state index is -0.911. The third kappa shape index (κ3) is 42.0. The van der Waals surface area contributed by atoms with Gasteiger partial charge < -0.3 is 60.0 Å². The summed E-state index contributed by atoms with van der Waals surface area (Å²) in [5.74, 6) is 4.88. The number of amides is 1. The van der Waals surface area contributed by atoms with Crippen LogP contribution < -0.4 is 41.1 Å². The number of benzene rings is 11. The van der Waals surface area contributed by atoms with Crippen LogP contribution in [0.5, 0.6) is 28.7 Å². The molecule has 0 aliphatic carbocycles. The second kappa shape index (κ2) is 59.3. The second-order valence-electron chi connectivity index (χ2n) is 33.9. The van der Waals surface area contributed by atoms with Crippen molar-refractivity contribution < 1.29 is 58.2 Å². The molecule has 0 aliphatic heterocycles. The number of hydrogen-bond acceptors (Lipinski definition) is 14. The highest BCUT2D eigenvalue weighted by molar-refractivity contribution is 9.11. The van der Waals surface area contributed by atoms with Gasteiger partial charge in [-0.05, 0) is 274 Å². The number of carboxylic acids is 1. The number of nitrogens with two attached hydrogens (primary N) is 1. The number of rotatable bonds is 30. The summed E-state index contributed by atoms with van der Waals surface area (Å²) in [7, 11) is 1.39. The van der Waals surface area contributed by atoms with E-state index in [-0.39, 0.29) is 60.1 Å².